The molecule has 6 heteroatoms. The maximum atomic E-state index is 12.8. The molecule has 1 aromatic heterocycles. The molecule has 2 rings (SSSR count). The minimum Gasteiger partial charge on any atom is -0.324 e. The van der Waals surface area contributed by atoms with Crippen molar-refractivity contribution in [3.8, 4) is 0 Å². The second kappa shape index (κ2) is 4.64. The molecular formula is C12H9F3N2O. The summed E-state index contributed by atoms with van der Waals surface area (Å²) in [7, 11) is 0. The molecule has 0 N–H and O–H groups in total. The molecular weight excluding hydrogens is 245 g/mol. The Balaban J connectivity index is 2.38. The summed E-state index contributed by atoms with van der Waals surface area (Å²) in [6.45, 7) is -0.0379. The number of aromatic nitrogens is 2. The number of hydrogen-bond acceptors (Lipinski definition) is 2. The molecule has 0 amide bonds. The Bertz CT molecular complexity index is 560. The lowest BCUT2D eigenvalue weighted by Gasteiger charge is -2.13. The third kappa shape index (κ3) is 2.42. The van der Waals surface area contributed by atoms with E-state index in [1.807, 2.05) is 0 Å². The van der Waals surface area contributed by atoms with Gasteiger partial charge in [0.1, 0.15) is 5.69 Å². The van der Waals surface area contributed by atoms with Crippen LogP contribution in [0.1, 0.15) is 21.6 Å². The van der Waals surface area contributed by atoms with Gasteiger partial charge in [0.15, 0.2) is 6.29 Å². The highest BCUT2D eigenvalue weighted by molar-refractivity contribution is 5.71. The van der Waals surface area contributed by atoms with Crippen LogP contribution in [0.2, 0.25) is 0 Å². The predicted octanol–water partition coefficient (Wildman–Crippen LogP) is 2.76. The van der Waals surface area contributed by atoms with Gasteiger partial charge in [-0.1, -0.05) is 18.2 Å². The van der Waals surface area contributed by atoms with Crippen molar-refractivity contribution in [2.45, 2.75) is 12.7 Å². The van der Waals surface area contributed by atoms with Gasteiger partial charge in [0.2, 0.25) is 0 Å². The van der Waals surface area contributed by atoms with Crippen LogP contribution in [0.5, 0.6) is 0 Å². The molecule has 18 heavy (non-hydrogen) atoms. The van der Waals surface area contributed by atoms with Crippen molar-refractivity contribution in [1.29, 1.82) is 0 Å². The molecule has 0 saturated carbocycles. The minimum atomic E-state index is -4.40. The molecule has 0 radical (unpaired) electrons. The van der Waals surface area contributed by atoms with Gasteiger partial charge >= 0.3 is 6.18 Å². The number of aldehydes is 1. The van der Waals surface area contributed by atoms with Gasteiger partial charge in [-0.15, -0.1) is 0 Å². The molecule has 2 aromatic rings. The lowest BCUT2D eigenvalue weighted by molar-refractivity contribution is -0.138. The van der Waals surface area contributed by atoms with Crippen molar-refractivity contribution in [2.24, 2.45) is 0 Å². The van der Waals surface area contributed by atoms with Crippen LogP contribution >= 0.6 is 0 Å². The number of rotatable bonds is 3. The molecule has 0 spiro atoms. The molecule has 1 heterocycles. The number of benzene rings is 1. The highest BCUT2D eigenvalue weighted by Crippen LogP contribution is 2.32. The second-order valence-corrected chi connectivity index (χ2v) is 3.72. The molecule has 3 nitrogen and oxygen atoms in total. The highest BCUT2D eigenvalue weighted by atomic mass is 19.4. The van der Waals surface area contributed by atoms with Crippen LogP contribution in [0, 0.1) is 0 Å². The van der Waals surface area contributed by atoms with Crippen LogP contribution in [0.15, 0.2) is 36.8 Å². The Morgan fingerprint density at radius 2 is 2.00 bits per heavy atom. The topological polar surface area (TPSA) is 34.9 Å². The van der Waals surface area contributed by atoms with E-state index in [0.717, 1.165) is 6.07 Å². The highest BCUT2D eigenvalue weighted by Gasteiger charge is 2.32. The van der Waals surface area contributed by atoms with Crippen molar-refractivity contribution in [1.82, 2.24) is 9.55 Å². The largest absolute Gasteiger partial charge is 0.416 e. The number of carbonyl (C=O) groups is 1. The Kier molecular flexibility index (Phi) is 3.18. The number of alkyl halides is 3. The number of halogens is 3. The Labute approximate surface area is 101 Å². The van der Waals surface area contributed by atoms with E-state index in [9.17, 15) is 18.0 Å². The third-order valence-electron chi connectivity index (χ3n) is 2.53. The van der Waals surface area contributed by atoms with Gasteiger partial charge < -0.3 is 4.57 Å². The zero-order chi connectivity index (χ0) is 13.2. The van der Waals surface area contributed by atoms with Crippen molar-refractivity contribution >= 4 is 6.29 Å². The second-order valence-electron chi connectivity index (χ2n) is 3.72. The summed E-state index contributed by atoms with van der Waals surface area (Å²) in [4.78, 5) is 14.4. The average molecular weight is 254 g/mol. The van der Waals surface area contributed by atoms with E-state index in [-0.39, 0.29) is 17.8 Å². The number of nitrogens with zero attached hydrogens (tertiary/aromatic N) is 2. The number of carbonyl (C=O) groups excluding carboxylic acids is 1. The van der Waals surface area contributed by atoms with E-state index in [1.165, 1.54) is 35.3 Å². The molecule has 0 aliphatic heterocycles. The zero-order valence-electron chi connectivity index (χ0n) is 9.19. The van der Waals surface area contributed by atoms with E-state index < -0.39 is 11.7 Å². The minimum absolute atomic E-state index is 0.0379. The number of imidazole rings is 1. The Morgan fingerprint density at radius 1 is 1.28 bits per heavy atom. The summed E-state index contributed by atoms with van der Waals surface area (Å²) in [6, 6.07) is 5.27. The molecule has 1 aromatic carbocycles. The first-order valence-electron chi connectivity index (χ1n) is 5.13. The van der Waals surface area contributed by atoms with E-state index in [0.29, 0.717) is 6.29 Å². The SMILES string of the molecule is O=Cc1cncn1Cc1ccccc1C(F)(F)F. The summed E-state index contributed by atoms with van der Waals surface area (Å²) in [5, 5.41) is 0. The van der Waals surface area contributed by atoms with Gasteiger partial charge in [-0.3, -0.25) is 4.79 Å². The molecule has 0 unspecified atom stereocenters. The van der Waals surface area contributed by atoms with Gasteiger partial charge in [-0.25, -0.2) is 4.98 Å². The Morgan fingerprint density at radius 3 is 2.67 bits per heavy atom. The molecule has 0 bridgehead atoms. The summed E-state index contributed by atoms with van der Waals surface area (Å²) in [6.07, 6.45) is -1.21. The first kappa shape index (κ1) is 12.3. The van der Waals surface area contributed by atoms with Crippen molar-refractivity contribution < 1.29 is 18.0 Å². The average Bonchev–Trinajstić information content (AvgIpc) is 2.75. The summed E-state index contributed by atoms with van der Waals surface area (Å²) in [5.41, 5.74) is -0.353. The first-order chi connectivity index (χ1) is 8.52. The summed E-state index contributed by atoms with van der Waals surface area (Å²) < 4.78 is 39.7. The van der Waals surface area contributed by atoms with Crippen LogP contribution < -0.4 is 0 Å². The third-order valence-corrected chi connectivity index (χ3v) is 2.53. The number of hydrogen-bond donors (Lipinski definition) is 0. The standard InChI is InChI=1S/C12H9F3N2O/c13-12(14,15)11-4-2-1-3-9(11)6-17-8-16-5-10(17)7-18/h1-5,7-8H,6H2. The lowest BCUT2D eigenvalue weighted by Crippen LogP contribution is -2.12. The fourth-order valence-corrected chi connectivity index (χ4v) is 1.68. The zero-order valence-corrected chi connectivity index (χ0v) is 9.19. The predicted molar refractivity (Wildman–Crippen MR) is 58.2 cm³/mol. The van der Waals surface area contributed by atoms with Crippen LogP contribution in [0.25, 0.3) is 0 Å². The van der Waals surface area contributed by atoms with E-state index in [4.69, 9.17) is 0 Å². The van der Waals surface area contributed by atoms with Crippen LogP contribution in [-0.4, -0.2) is 15.8 Å². The van der Waals surface area contributed by atoms with Gasteiger partial charge in [0.05, 0.1) is 18.1 Å². The maximum Gasteiger partial charge on any atom is 0.416 e. The summed E-state index contributed by atoms with van der Waals surface area (Å²) >= 11 is 0. The van der Waals surface area contributed by atoms with Gasteiger partial charge in [-0.05, 0) is 11.6 Å². The van der Waals surface area contributed by atoms with E-state index in [1.54, 1.807) is 0 Å². The van der Waals surface area contributed by atoms with Gasteiger partial charge in [0, 0.05) is 6.54 Å². The molecule has 94 valence electrons. The smallest absolute Gasteiger partial charge is 0.324 e. The molecule has 0 fully saturated rings. The van der Waals surface area contributed by atoms with Crippen LogP contribution in [0.3, 0.4) is 0 Å². The fraction of sp³-hybridized carbons (Fsp3) is 0.167. The first-order valence-corrected chi connectivity index (χ1v) is 5.13. The van der Waals surface area contributed by atoms with Crippen molar-refractivity contribution in [3.63, 3.8) is 0 Å². The monoisotopic (exact) mass is 254 g/mol. The van der Waals surface area contributed by atoms with E-state index in [2.05, 4.69) is 4.98 Å². The van der Waals surface area contributed by atoms with Gasteiger partial charge in [0.25, 0.3) is 0 Å². The van der Waals surface area contributed by atoms with E-state index >= 15 is 0 Å². The molecule has 0 aliphatic rings. The Hall–Kier alpha value is -2.11. The quantitative estimate of drug-likeness (QED) is 0.789. The molecule has 0 aliphatic carbocycles. The molecule has 0 saturated heterocycles. The van der Waals surface area contributed by atoms with Crippen molar-refractivity contribution in [2.75, 3.05) is 0 Å². The normalized spacial score (nSPS) is 11.5. The molecule has 0 atom stereocenters. The maximum absolute atomic E-state index is 12.8. The summed E-state index contributed by atoms with van der Waals surface area (Å²) in [5.74, 6) is 0. The lowest BCUT2D eigenvalue weighted by atomic mass is 10.1. The van der Waals surface area contributed by atoms with Gasteiger partial charge in [-0.2, -0.15) is 13.2 Å². The van der Waals surface area contributed by atoms with Crippen LogP contribution in [0.4, 0.5) is 13.2 Å². The van der Waals surface area contributed by atoms with Crippen LogP contribution in [-0.2, 0) is 12.7 Å². The fourth-order valence-electron chi connectivity index (χ4n) is 1.68. The van der Waals surface area contributed by atoms with Crippen molar-refractivity contribution in [3.05, 3.63) is 53.6 Å².